The highest BCUT2D eigenvalue weighted by Crippen LogP contribution is 2.34. The van der Waals surface area contributed by atoms with Gasteiger partial charge in [0.2, 0.25) is 0 Å². The predicted molar refractivity (Wildman–Crippen MR) is 84.6 cm³/mol. The van der Waals surface area contributed by atoms with Crippen molar-refractivity contribution in [3.05, 3.63) is 22.7 Å². The lowest BCUT2D eigenvalue weighted by Crippen LogP contribution is -2.32. The van der Waals surface area contributed by atoms with Gasteiger partial charge in [-0.1, -0.05) is 46.2 Å². The first-order chi connectivity index (χ1) is 9.70. The highest BCUT2D eigenvalue weighted by atomic mass is 35.5. The van der Waals surface area contributed by atoms with E-state index in [1.807, 2.05) is 18.7 Å². The van der Waals surface area contributed by atoms with Crippen LogP contribution in [0.15, 0.2) is 6.20 Å². The van der Waals surface area contributed by atoms with E-state index in [9.17, 15) is 4.79 Å². The van der Waals surface area contributed by atoms with Gasteiger partial charge in [-0.2, -0.15) is 0 Å². The molecule has 0 aliphatic carbocycles. The molecule has 0 spiro atoms. The third kappa shape index (κ3) is 3.54. The lowest BCUT2D eigenvalue weighted by Gasteiger charge is -2.27. The zero-order valence-electron chi connectivity index (χ0n) is 13.5. The second kappa shape index (κ2) is 5.91. The minimum atomic E-state index is -0.0731. The Morgan fingerprint density at radius 3 is 2.62 bits per heavy atom. The Hall–Kier alpha value is -1.16. The van der Waals surface area contributed by atoms with Crippen molar-refractivity contribution in [2.45, 2.75) is 47.0 Å². The van der Waals surface area contributed by atoms with Crippen LogP contribution in [0.3, 0.4) is 0 Å². The number of amides is 1. The smallest absolute Gasteiger partial charge is 0.274 e. The summed E-state index contributed by atoms with van der Waals surface area (Å²) >= 11 is 6.13. The van der Waals surface area contributed by atoms with Crippen LogP contribution in [-0.4, -0.2) is 33.9 Å². The summed E-state index contributed by atoms with van der Waals surface area (Å²) in [4.78, 5) is 23.1. The van der Waals surface area contributed by atoms with Crippen molar-refractivity contribution >= 4 is 17.5 Å². The highest BCUT2D eigenvalue weighted by Gasteiger charge is 2.35. The average Bonchev–Trinajstić information content (AvgIpc) is 2.87. The fraction of sp³-hybridized carbons (Fsp3) is 0.688. The number of carbonyl (C=O) groups is 1. The first kappa shape index (κ1) is 16.2. The quantitative estimate of drug-likeness (QED) is 0.835. The Morgan fingerprint density at radius 1 is 1.43 bits per heavy atom. The van der Waals surface area contributed by atoms with Crippen LogP contribution >= 0.6 is 11.6 Å². The molecule has 1 aromatic heterocycles. The van der Waals surface area contributed by atoms with Gasteiger partial charge in [0.15, 0.2) is 5.69 Å². The molecule has 1 fully saturated rings. The van der Waals surface area contributed by atoms with E-state index >= 15 is 0 Å². The van der Waals surface area contributed by atoms with E-state index < -0.39 is 0 Å². The van der Waals surface area contributed by atoms with Crippen LogP contribution in [0.4, 0.5) is 0 Å². The maximum Gasteiger partial charge on any atom is 0.274 e. The molecule has 4 nitrogen and oxygen atoms in total. The third-order valence-corrected chi connectivity index (χ3v) is 4.46. The van der Waals surface area contributed by atoms with Gasteiger partial charge in [0.25, 0.3) is 5.91 Å². The summed E-state index contributed by atoms with van der Waals surface area (Å²) in [6, 6.07) is 0. The van der Waals surface area contributed by atoms with Crippen LogP contribution in [0, 0.1) is 11.3 Å². The summed E-state index contributed by atoms with van der Waals surface area (Å²) in [5.74, 6) is 1.28. The van der Waals surface area contributed by atoms with Crippen molar-refractivity contribution in [1.82, 2.24) is 14.9 Å². The minimum absolute atomic E-state index is 0.0731. The van der Waals surface area contributed by atoms with Crippen LogP contribution in [0.5, 0.6) is 0 Å². The van der Waals surface area contributed by atoms with E-state index in [4.69, 9.17) is 11.6 Å². The van der Waals surface area contributed by atoms with Gasteiger partial charge in [-0.05, 0) is 17.8 Å². The van der Waals surface area contributed by atoms with E-state index in [2.05, 4.69) is 30.7 Å². The first-order valence-corrected chi connectivity index (χ1v) is 7.89. The Morgan fingerprint density at radius 2 is 2.10 bits per heavy atom. The van der Waals surface area contributed by atoms with Crippen molar-refractivity contribution in [1.29, 1.82) is 0 Å². The number of halogens is 1. The van der Waals surface area contributed by atoms with Crippen LogP contribution in [0.1, 0.15) is 63.3 Å². The fourth-order valence-corrected chi connectivity index (χ4v) is 2.78. The van der Waals surface area contributed by atoms with Crippen LogP contribution in [-0.2, 0) is 0 Å². The van der Waals surface area contributed by atoms with Crippen molar-refractivity contribution in [3.63, 3.8) is 0 Å². The molecule has 1 aromatic rings. The second-order valence-corrected chi connectivity index (χ2v) is 7.59. The molecule has 5 heteroatoms. The second-order valence-electron chi connectivity index (χ2n) is 7.18. The third-order valence-electron chi connectivity index (χ3n) is 4.18. The van der Waals surface area contributed by atoms with Crippen molar-refractivity contribution in [2.75, 3.05) is 13.1 Å². The molecule has 21 heavy (non-hydrogen) atoms. The molecule has 0 bridgehead atoms. The predicted octanol–water partition coefficient (Wildman–Crippen LogP) is 3.76. The topological polar surface area (TPSA) is 46.1 Å². The number of hydrogen-bond donors (Lipinski definition) is 0. The summed E-state index contributed by atoms with van der Waals surface area (Å²) < 4.78 is 0. The molecular formula is C16H24ClN3O. The van der Waals surface area contributed by atoms with Gasteiger partial charge < -0.3 is 4.90 Å². The van der Waals surface area contributed by atoms with E-state index in [1.165, 1.54) is 6.20 Å². The van der Waals surface area contributed by atoms with Crippen molar-refractivity contribution in [3.8, 4) is 0 Å². The molecule has 0 saturated carbocycles. The van der Waals surface area contributed by atoms with E-state index in [1.54, 1.807) is 0 Å². The van der Waals surface area contributed by atoms with E-state index in [0.717, 1.165) is 19.5 Å². The first-order valence-electron chi connectivity index (χ1n) is 7.52. The Bertz CT molecular complexity index is 537. The summed E-state index contributed by atoms with van der Waals surface area (Å²) in [6.45, 7) is 12.2. The van der Waals surface area contributed by atoms with Crippen molar-refractivity contribution < 1.29 is 4.79 Å². The number of nitrogens with zero attached hydrogens (tertiary/aromatic N) is 3. The molecule has 1 atom stereocenters. The number of rotatable bonds is 2. The average molecular weight is 310 g/mol. The monoisotopic (exact) mass is 309 g/mol. The molecule has 2 heterocycles. The van der Waals surface area contributed by atoms with Gasteiger partial charge in [0.1, 0.15) is 5.82 Å². The van der Waals surface area contributed by atoms with Gasteiger partial charge in [-0.15, -0.1) is 0 Å². The summed E-state index contributed by atoms with van der Waals surface area (Å²) in [5.41, 5.74) is 0.554. The minimum Gasteiger partial charge on any atom is -0.337 e. The van der Waals surface area contributed by atoms with Gasteiger partial charge in [-0.3, -0.25) is 4.79 Å². The molecule has 2 rings (SSSR count). The number of hydrogen-bond acceptors (Lipinski definition) is 3. The zero-order valence-corrected chi connectivity index (χ0v) is 14.2. The van der Waals surface area contributed by atoms with Crippen LogP contribution in [0.25, 0.3) is 0 Å². The SMILES string of the molecule is CC(C)c1ncc(Cl)c(C(=O)N2CCC(C(C)(C)C)C2)n1. The normalized spacial score (nSPS) is 19.4. The van der Waals surface area contributed by atoms with E-state index in [-0.39, 0.29) is 17.2 Å². The van der Waals surface area contributed by atoms with Gasteiger partial charge in [0, 0.05) is 19.0 Å². The van der Waals surface area contributed by atoms with Crippen LogP contribution < -0.4 is 0 Å². The fourth-order valence-electron chi connectivity index (χ4n) is 2.61. The largest absolute Gasteiger partial charge is 0.337 e. The molecule has 1 saturated heterocycles. The standard InChI is InChI=1S/C16H24ClN3O/c1-10(2)14-18-8-12(17)13(19-14)15(21)20-7-6-11(9-20)16(3,4)5/h8,10-11H,6-7,9H2,1-5H3. The summed E-state index contributed by atoms with van der Waals surface area (Å²) in [5, 5.41) is 0.337. The van der Waals surface area contributed by atoms with Gasteiger partial charge in [0.05, 0.1) is 11.2 Å². The maximum absolute atomic E-state index is 12.7. The molecule has 1 aliphatic rings. The van der Waals surface area contributed by atoms with E-state index in [0.29, 0.717) is 22.5 Å². The Kier molecular flexibility index (Phi) is 4.57. The zero-order chi connectivity index (χ0) is 15.8. The molecular weight excluding hydrogens is 286 g/mol. The number of aromatic nitrogens is 2. The Labute approximate surface area is 131 Å². The molecule has 1 unspecified atom stereocenters. The van der Waals surface area contributed by atoms with Crippen molar-refractivity contribution in [2.24, 2.45) is 11.3 Å². The summed E-state index contributed by atoms with van der Waals surface area (Å²) in [6.07, 6.45) is 2.57. The molecule has 0 radical (unpaired) electrons. The lowest BCUT2D eigenvalue weighted by molar-refractivity contribution is 0.0770. The molecule has 0 N–H and O–H groups in total. The lowest BCUT2D eigenvalue weighted by atomic mass is 9.80. The number of likely N-dealkylation sites (tertiary alicyclic amines) is 1. The highest BCUT2D eigenvalue weighted by molar-refractivity contribution is 6.33. The maximum atomic E-state index is 12.7. The van der Waals surface area contributed by atoms with Gasteiger partial charge >= 0.3 is 0 Å². The molecule has 116 valence electrons. The molecule has 1 amide bonds. The van der Waals surface area contributed by atoms with Gasteiger partial charge in [-0.25, -0.2) is 9.97 Å². The van der Waals surface area contributed by atoms with Crippen LogP contribution in [0.2, 0.25) is 5.02 Å². The molecule has 1 aliphatic heterocycles. The Balaban J connectivity index is 2.20. The summed E-state index contributed by atoms with van der Waals surface area (Å²) in [7, 11) is 0. The number of carbonyl (C=O) groups excluding carboxylic acids is 1. The molecule has 0 aromatic carbocycles.